The van der Waals surface area contributed by atoms with Gasteiger partial charge in [0.05, 0.1) is 11.7 Å². The lowest BCUT2D eigenvalue weighted by atomic mass is 10.2. The Labute approximate surface area is 119 Å². The first-order valence-electron chi connectivity index (χ1n) is 5.90. The van der Waals surface area contributed by atoms with Crippen LogP contribution in [-0.4, -0.2) is 29.4 Å². The van der Waals surface area contributed by atoms with E-state index in [1.807, 2.05) is 0 Å². The van der Waals surface area contributed by atoms with Crippen molar-refractivity contribution in [3.8, 4) is 0 Å². The lowest BCUT2D eigenvalue weighted by molar-refractivity contribution is -0.255. The second-order valence-electron chi connectivity index (χ2n) is 4.62. The highest BCUT2D eigenvalue weighted by molar-refractivity contribution is 6.63. The second-order valence-corrected chi connectivity index (χ2v) is 4.62. The summed E-state index contributed by atoms with van der Waals surface area (Å²) in [7, 11) is 0. The molecular formula is C13H11N2O6-. The highest BCUT2D eigenvalue weighted by atomic mass is 16.7. The molecule has 1 aliphatic heterocycles. The average Bonchev–Trinajstić information content (AvgIpc) is 2.36. The van der Waals surface area contributed by atoms with Gasteiger partial charge >= 0.3 is 11.9 Å². The number of aromatic carboxylic acids is 1. The molecular weight excluding hydrogens is 280 g/mol. The maximum atomic E-state index is 11.6. The number of rotatable bonds is 3. The van der Waals surface area contributed by atoms with E-state index in [0.717, 1.165) is 0 Å². The maximum Gasteiger partial charge on any atom is 0.369 e. The van der Waals surface area contributed by atoms with E-state index in [1.165, 1.54) is 38.1 Å². The van der Waals surface area contributed by atoms with Crippen LogP contribution in [0.3, 0.4) is 0 Å². The van der Waals surface area contributed by atoms with Crippen LogP contribution in [0.1, 0.15) is 24.2 Å². The molecule has 0 saturated carbocycles. The number of carbonyl (C=O) groups is 3. The zero-order valence-corrected chi connectivity index (χ0v) is 11.2. The molecule has 0 atom stereocenters. The lowest BCUT2D eigenvalue weighted by Crippen LogP contribution is -2.47. The molecule has 0 aromatic heterocycles. The first-order valence-corrected chi connectivity index (χ1v) is 5.90. The number of nitrogens with zero attached hydrogens (tertiary/aromatic N) is 1. The normalized spacial score (nSPS) is 16.8. The Bertz CT molecular complexity index is 611. The third-order valence-electron chi connectivity index (χ3n) is 2.48. The molecule has 1 fully saturated rings. The van der Waals surface area contributed by atoms with Gasteiger partial charge in [-0.05, 0) is 17.7 Å². The van der Waals surface area contributed by atoms with Gasteiger partial charge in [-0.2, -0.15) is 5.10 Å². The highest BCUT2D eigenvalue weighted by Gasteiger charge is 2.40. The van der Waals surface area contributed by atoms with Crippen molar-refractivity contribution >= 4 is 29.3 Å². The number of hydrazone groups is 1. The number of benzene rings is 1. The van der Waals surface area contributed by atoms with E-state index in [0.29, 0.717) is 5.69 Å². The number of nitrogens with one attached hydrogen (secondary N) is 1. The van der Waals surface area contributed by atoms with Crippen LogP contribution in [0.25, 0.3) is 0 Å². The van der Waals surface area contributed by atoms with Gasteiger partial charge in [-0.3, -0.25) is 5.43 Å². The van der Waals surface area contributed by atoms with Crippen molar-refractivity contribution < 1.29 is 29.0 Å². The SMILES string of the molecule is CC1(C)OC(=O)C(=NNc2ccc(C(=O)[O-])cc2)C(=O)O1. The number of cyclic esters (lactones) is 2. The Kier molecular flexibility index (Phi) is 3.62. The van der Waals surface area contributed by atoms with Crippen LogP contribution in [0.2, 0.25) is 0 Å². The van der Waals surface area contributed by atoms with Gasteiger partial charge in [-0.25, -0.2) is 9.59 Å². The average molecular weight is 291 g/mol. The minimum Gasteiger partial charge on any atom is -0.545 e. The predicted octanol–water partition coefficient (Wildman–Crippen LogP) is -0.346. The van der Waals surface area contributed by atoms with Crippen LogP contribution in [0.5, 0.6) is 0 Å². The van der Waals surface area contributed by atoms with Gasteiger partial charge in [0, 0.05) is 13.8 Å². The number of anilines is 1. The Morgan fingerprint density at radius 1 is 1.14 bits per heavy atom. The van der Waals surface area contributed by atoms with Gasteiger partial charge in [-0.15, -0.1) is 0 Å². The third-order valence-corrected chi connectivity index (χ3v) is 2.48. The smallest absolute Gasteiger partial charge is 0.369 e. The molecule has 2 rings (SSSR count). The summed E-state index contributed by atoms with van der Waals surface area (Å²) < 4.78 is 9.71. The first-order chi connectivity index (χ1) is 9.78. The number of carboxylic acid groups (broad SMARTS) is 1. The second kappa shape index (κ2) is 5.23. The standard InChI is InChI=1S/C13H12N2O6/c1-13(2)20-11(18)9(12(19)21-13)15-14-8-5-3-7(4-6-8)10(16)17/h3-6,14H,1-2H3,(H,16,17)/p-1. The molecule has 1 aliphatic rings. The van der Waals surface area contributed by atoms with Gasteiger partial charge in [0.2, 0.25) is 0 Å². The number of carbonyl (C=O) groups excluding carboxylic acids is 3. The van der Waals surface area contributed by atoms with Gasteiger partial charge in [0.25, 0.3) is 11.5 Å². The van der Waals surface area contributed by atoms with E-state index in [9.17, 15) is 19.5 Å². The molecule has 1 aromatic rings. The molecule has 8 heteroatoms. The fourth-order valence-corrected chi connectivity index (χ4v) is 1.54. The largest absolute Gasteiger partial charge is 0.545 e. The highest BCUT2D eigenvalue weighted by Crippen LogP contribution is 2.18. The number of hydrogen-bond acceptors (Lipinski definition) is 8. The van der Waals surface area contributed by atoms with Gasteiger partial charge in [0.15, 0.2) is 0 Å². The molecule has 0 radical (unpaired) electrons. The lowest BCUT2D eigenvalue weighted by Gasteiger charge is -2.28. The van der Waals surface area contributed by atoms with E-state index in [1.54, 1.807) is 0 Å². The predicted molar refractivity (Wildman–Crippen MR) is 68.1 cm³/mol. The monoisotopic (exact) mass is 291 g/mol. The van der Waals surface area contributed by atoms with Crippen LogP contribution in [-0.2, 0) is 19.1 Å². The summed E-state index contributed by atoms with van der Waals surface area (Å²) in [4.78, 5) is 33.8. The maximum absolute atomic E-state index is 11.6. The molecule has 1 aromatic carbocycles. The minimum atomic E-state index is -1.33. The molecule has 21 heavy (non-hydrogen) atoms. The molecule has 110 valence electrons. The number of carboxylic acids is 1. The fraction of sp³-hybridized carbons (Fsp3) is 0.231. The quantitative estimate of drug-likeness (QED) is 0.597. The molecule has 1 heterocycles. The summed E-state index contributed by atoms with van der Waals surface area (Å²) in [6, 6.07) is 5.38. The topological polar surface area (TPSA) is 117 Å². The van der Waals surface area contributed by atoms with E-state index >= 15 is 0 Å². The van der Waals surface area contributed by atoms with E-state index in [2.05, 4.69) is 10.5 Å². The van der Waals surface area contributed by atoms with Gasteiger partial charge in [-0.1, -0.05) is 12.1 Å². The van der Waals surface area contributed by atoms with Crippen LogP contribution >= 0.6 is 0 Å². The van der Waals surface area contributed by atoms with Crippen molar-refractivity contribution in [1.82, 2.24) is 0 Å². The van der Waals surface area contributed by atoms with E-state index in [-0.39, 0.29) is 5.56 Å². The number of hydrogen-bond donors (Lipinski definition) is 1. The third kappa shape index (κ3) is 3.35. The Morgan fingerprint density at radius 2 is 1.67 bits per heavy atom. The summed E-state index contributed by atoms with van der Waals surface area (Å²) in [5, 5.41) is 14.2. The summed E-state index contributed by atoms with van der Waals surface area (Å²) >= 11 is 0. The van der Waals surface area contributed by atoms with Crippen molar-refractivity contribution in [2.45, 2.75) is 19.6 Å². The van der Waals surface area contributed by atoms with Crippen LogP contribution in [0, 0.1) is 0 Å². The van der Waals surface area contributed by atoms with Crippen LogP contribution < -0.4 is 10.5 Å². The molecule has 1 N–H and O–H groups in total. The van der Waals surface area contributed by atoms with E-state index < -0.39 is 29.4 Å². The van der Waals surface area contributed by atoms with Crippen molar-refractivity contribution in [3.63, 3.8) is 0 Å². The Balaban J connectivity index is 2.12. The molecule has 0 amide bonds. The molecule has 0 unspecified atom stereocenters. The minimum absolute atomic E-state index is 0.00793. The summed E-state index contributed by atoms with van der Waals surface area (Å²) in [5.74, 6) is -4.46. The number of ether oxygens (including phenoxy) is 2. The Morgan fingerprint density at radius 3 is 2.14 bits per heavy atom. The number of esters is 2. The van der Waals surface area contributed by atoms with Crippen molar-refractivity contribution in [2.24, 2.45) is 5.10 Å². The van der Waals surface area contributed by atoms with Crippen molar-refractivity contribution in [1.29, 1.82) is 0 Å². The zero-order valence-electron chi connectivity index (χ0n) is 11.2. The summed E-state index contributed by atoms with van der Waals surface area (Å²) in [6.45, 7) is 2.84. The Hall–Kier alpha value is -2.90. The molecule has 0 spiro atoms. The fourth-order valence-electron chi connectivity index (χ4n) is 1.54. The molecule has 8 nitrogen and oxygen atoms in total. The van der Waals surface area contributed by atoms with Crippen LogP contribution in [0.15, 0.2) is 29.4 Å². The molecule has 0 bridgehead atoms. The van der Waals surface area contributed by atoms with Crippen molar-refractivity contribution in [3.05, 3.63) is 29.8 Å². The van der Waals surface area contributed by atoms with Gasteiger partial charge in [0.1, 0.15) is 0 Å². The summed E-state index contributed by atoms with van der Waals surface area (Å²) in [6.07, 6.45) is 0. The molecule has 1 saturated heterocycles. The van der Waals surface area contributed by atoms with Gasteiger partial charge < -0.3 is 19.4 Å². The molecule has 0 aliphatic carbocycles. The zero-order chi connectivity index (χ0) is 15.6. The van der Waals surface area contributed by atoms with Crippen LogP contribution in [0.4, 0.5) is 5.69 Å². The summed E-state index contributed by atoms with van der Waals surface area (Å²) in [5.41, 5.74) is 2.28. The van der Waals surface area contributed by atoms with Crippen molar-refractivity contribution in [2.75, 3.05) is 5.43 Å². The first kappa shape index (κ1) is 14.5. The van der Waals surface area contributed by atoms with E-state index in [4.69, 9.17) is 9.47 Å².